The van der Waals surface area contributed by atoms with Gasteiger partial charge in [0.2, 0.25) is 0 Å². The lowest BCUT2D eigenvalue weighted by molar-refractivity contribution is -0.148. The van der Waals surface area contributed by atoms with E-state index in [2.05, 4.69) is 26.8 Å². The molecule has 0 aromatic rings. The highest BCUT2D eigenvalue weighted by Crippen LogP contribution is 2.64. The van der Waals surface area contributed by atoms with Crippen LogP contribution in [-0.2, 0) is 14.3 Å². The first-order valence-corrected chi connectivity index (χ1v) is 10.2. The minimum atomic E-state index is -0.158. The van der Waals surface area contributed by atoms with Crippen molar-refractivity contribution in [3.63, 3.8) is 0 Å². The fourth-order valence-corrected chi connectivity index (χ4v) is 7.07. The zero-order valence-corrected chi connectivity index (χ0v) is 16.1. The summed E-state index contributed by atoms with van der Waals surface area (Å²) in [5.41, 5.74) is 1.69. The normalized spacial score (nSPS) is 48.9. The van der Waals surface area contributed by atoms with E-state index in [9.17, 15) is 9.59 Å². The number of esters is 1. The van der Waals surface area contributed by atoms with Gasteiger partial charge in [0, 0.05) is 24.7 Å². The number of ketones is 1. The number of carbonyl (C=O) groups is 2. The summed E-state index contributed by atoms with van der Waals surface area (Å²) in [6.45, 7) is 8.34. The topological polar surface area (TPSA) is 43.4 Å². The Morgan fingerprint density at radius 2 is 1.88 bits per heavy atom. The van der Waals surface area contributed by atoms with Crippen LogP contribution in [0.1, 0.15) is 72.6 Å². The van der Waals surface area contributed by atoms with Gasteiger partial charge in [0.05, 0.1) is 0 Å². The smallest absolute Gasteiger partial charge is 0.302 e. The summed E-state index contributed by atoms with van der Waals surface area (Å²) >= 11 is 0. The molecule has 0 spiro atoms. The summed E-state index contributed by atoms with van der Waals surface area (Å²) in [7, 11) is 0. The number of hydrogen-bond acceptors (Lipinski definition) is 3. The van der Waals surface area contributed by atoms with E-state index >= 15 is 0 Å². The van der Waals surface area contributed by atoms with Gasteiger partial charge < -0.3 is 4.74 Å². The van der Waals surface area contributed by atoms with E-state index < -0.39 is 0 Å². The van der Waals surface area contributed by atoms with Crippen LogP contribution in [0.5, 0.6) is 0 Å². The Morgan fingerprint density at radius 3 is 2.60 bits per heavy atom. The molecule has 0 aliphatic heterocycles. The van der Waals surface area contributed by atoms with Crippen LogP contribution in [0.15, 0.2) is 11.6 Å². The minimum absolute atomic E-state index is 0.0651. The van der Waals surface area contributed by atoms with Gasteiger partial charge in [-0.15, -0.1) is 0 Å². The molecule has 3 fully saturated rings. The average molecular weight is 344 g/mol. The maximum Gasteiger partial charge on any atom is 0.302 e. The molecule has 7 atom stereocenters. The number of allylic oxidation sites excluding steroid dienone is 1. The Labute approximate surface area is 151 Å². The Bertz CT molecular complexity index is 635. The number of carbonyl (C=O) groups excluding carboxylic acids is 2. The molecule has 0 radical (unpaired) electrons. The summed E-state index contributed by atoms with van der Waals surface area (Å²) in [6.07, 6.45) is 9.98. The van der Waals surface area contributed by atoms with Crippen molar-refractivity contribution in [2.45, 2.75) is 78.7 Å². The predicted molar refractivity (Wildman–Crippen MR) is 96.8 cm³/mol. The molecule has 3 saturated carbocycles. The van der Waals surface area contributed by atoms with Crippen molar-refractivity contribution in [1.82, 2.24) is 0 Å². The maximum absolute atomic E-state index is 12.8. The molecular weight excluding hydrogens is 312 g/mol. The van der Waals surface area contributed by atoms with E-state index in [0.29, 0.717) is 23.5 Å². The molecule has 0 amide bonds. The highest BCUT2D eigenvalue weighted by atomic mass is 16.5. The van der Waals surface area contributed by atoms with Crippen molar-refractivity contribution in [1.29, 1.82) is 0 Å². The van der Waals surface area contributed by atoms with Crippen molar-refractivity contribution in [2.75, 3.05) is 0 Å². The predicted octanol–water partition coefficient (Wildman–Crippen LogP) is 4.70. The molecule has 25 heavy (non-hydrogen) atoms. The van der Waals surface area contributed by atoms with Crippen LogP contribution >= 0.6 is 0 Å². The van der Waals surface area contributed by atoms with Gasteiger partial charge in [-0.3, -0.25) is 9.59 Å². The molecule has 0 heterocycles. The van der Waals surface area contributed by atoms with Crippen molar-refractivity contribution in [3.8, 4) is 0 Å². The van der Waals surface area contributed by atoms with Gasteiger partial charge in [-0.05, 0) is 61.7 Å². The highest BCUT2D eigenvalue weighted by Gasteiger charge is 2.60. The van der Waals surface area contributed by atoms with Gasteiger partial charge in [-0.1, -0.05) is 32.4 Å². The van der Waals surface area contributed by atoms with Crippen LogP contribution in [0.2, 0.25) is 0 Å². The lowest BCUT2D eigenvalue weighted by Gasteiger charge is -2.56. The van der Waals surface area contributed by atoms with E-state index in [1.807, 2.05) is 0 Å². The summed E-state index contributed by atoms with van der Waals surface area (Å²) in [5.74, 6) is 2.53. The second-order valence-electron chi connectivity index (χ2n) is 9.69. The molecule has 0 aromatic carbocycles. The molecule has 0 N–H and O–H groups in total. The Morgan fingerprint density at radius 1 is 1.16 bits per heavy atom. The largest absolute Gasteiger partial charge is 0.462 e. The lowest BCUT2D eigenvalue weighted by atomic mass is 9.48. The van der Waals surface area contributed by atoms with Crippen molar-refractivity contribution < 1.29 is 14.3 Å². The fourth-order valence-electron chi connectivity index (χ4n) is 7.07. The van der Waals surface area contributed by atoms with E-state index in [1.165, 1.54) is 18.9 Å². The molecule has 138 valence electrons. The summed E-state index contributed by atoms with van der Waals surface area (Å²) in [6, 6.07) is 0. The van der Waals surface area contributed by atoms with E-state index in [4.69, 9.17) is 4.74 Å². The van der Waals surface area contributed by atoms with Crippen LogP contribution in [0, 0.1) is 34.5 Å². The minimum Gasteiger partial charge on any atom is -0.462 e. The summed E-state index contributed by atoms with van der Waals surface area (Å²) in [4.78, 5) is 24.1. The number of hydrogen-bond donors (Lipinski definition) is 0. The SMILES string of the molecule is CC(=O)O[C@H]1CC[C@@]2(C)C(=CCC3C2CC[C@]2(C)C(=O)[C@H](C)CC32)C1. The fraction of sp³-hybridized carbons (Fsp3) is 0.818. The van der Waals surface area contributed by atoms with E-state index in [-0.39, 0.29) is 28.8 Å². The quantitative estimate of drug-likeness (QED) is 0.512. The third-order valence-corrected chi connectivity index (χ3v) is 8.40. The van der Waals surface area contributed by atoms with Gasteiger partial charge in [0.25, 0.3) is 0 Å². The summed E-state index contributed by atoms with van der Waals surface area (Å²) < 4.78 is 5.51. The Hall–Kier alpha value is -1.12. The molecule has 4 aliphatic rings. The van der Waals surface area contributed by atoms with Crippen LogP contribution in [0.25, 0.3) is 0 Å². The number of ether oxygens (including phenoxy) is 1. The molecule has 3 nitrogen and oxygen atoms in total. The maximum atomic E-state index is 12.8. The Balaban J connectivity index is 1.61. The van der Waals surface area contributed by atoms with Gasteiger partial charge in [0.15, 0.2) is 0 Å². The molecule has 3 heteroatoms. The van der Waals surface area contributed by atoms with E-state index in [0.717, 1.165) is 38.5 Å². The second kappa shape index (κ2) is 5.69. The van der Waals surface area contributed by atoms with Gasteiger partial charge in [0.1, 0.15) is 11.9 Å². The molecule has 3 unspecified atom stereocenters. The molecule has 4 aliphatic carbocycles. The monoisotopic (exact) mass is 344 g/mol. The first kappa shape index (κ1) is 17.3. The van der Waals surface area contributed by atoms with Crippen molar-refractivity contribution >= 4 is 11.8 Å². The average Bonchev–Trinajstić information content (AvgIpc) is 2.78. The highest BCUT2D eigenvalue weighted by molar-refractivity contribution is 5.89. The third-order valence-electron chi connectivity index (χ3n) is 8.40. The van der Waals surface area contributed by atoms with E-state index in [1.54, 1.807) is 0 Å². The van der Waals surface area contributed by atoms with Crippen LogP contribution in [-0.4, -0.2) is 17.9 Å². The lowest BCUT2D eigenvalue weighted by Crippen LogP contribution is -2.50. The van der Waals surface area contributed by atoms with Gasteiger partial charge in [-0.25, -0.2) is 0 Å². The first-order valence-electron chi connectivity index (χ1n) is 10.2. The first-order chi connectivity index (χ1) is 11.8. The van der Waals surface area contributed by atoms with Crippen molar-refractivity contribution in [3.05, 3.63) is 11.6 Å². The zero-order valence-electron chi connectivity index (χ0n) is 16.1. The molecule has 0 aromatic heterocycles. The van der Waals surface area contributed by atoms with Crippen LogP contribution < -0.4 is 0 Å². The van der Waals surface area contributed by atoms with Crippen molar-refractivity contribution in [2.24, 2.45) is 34.5 Å². The molecule has 0 saturated heterocycles. The Kier molecular flexibility index (Phi) is 3.94. The third kappa shape index (κ3) is 2.44. The van der Waals surface area contributed by atoms with Crippen LogP contribution in [0.4, 0.5) is 0 Å². The standard InChI is InChI=1S/C22H32O3/c1-13-11-19-17-6-5-15-12-16(25-14(2)23)7-9-21(15,3)18(17)8-10-22(19,4)20(13)24/h5,13,16-19H,6-12H2,1-4H3/t13-,16+,17?,18?,19?,21+,22+/m1/s1. The van der Waals surface area contributed by atoms with Crippen LogP contribution in [0.3, 0.4) is 0 Å². The van der Waals surface area contributed by atoms with Gasteiger partial charge >= 0.3 is 5.97 Å². The number of Topliss-reactive ketones (excluding diaryl/α,β-unsaturated/α-hetero) is 1. The molecule has 0 bridgehead atoms. The summed E-state index contributed by atoms with van der Waals surface area (Å²) in [5, 5.41) is 0. The zero-order chi connectivity index (χ0) is 18.0. The van der Waals surface area contributed by atoms with Gasteiger partial charge in [-0.2, -0.15) is 0 Å². The number of fused-ring (bicyclic) bond motifs is 5. The number of rotatable bonds is 1. The molecular formula is C22H32O3. The molecule has 4 rings (SSSR count). The second-order valence-corrected chi connectivity index (χ2v) is 9.69.